The maximum Gasteiger partial charge on any atom is 0.246 e. The first kappa shape index (κ1) is 19.1. The van der Waals surface area contributed by atoms with Gasteiger partial charge in [-0.1, -0.05) is 6.58 Å². The molecule has 0 aliphatic carbocycles. The monoisotopic (exact) mass is 289 g/mol. The summed E-state index contributed by atoms with van der Waals surface area (Å²) in [6.45, 7) is 10.5. The number of amides is 1. The van der Waals surface area contributed by atoms with Gasteiger partial charge >= 0.3 is 0 Å². The molecule has 6 nitrogen and oxygen atoms in total. The fourth-order valence-corrected chi connectivity index (χ4v) is 1.27. The van der Waals surface area contributed by atoms with E-state index in [0.717, 1.165) is 26.0 Å². The number of carbonyl (C=O) groups is 1. The molecule has 0 aliphatic rings. The lowest BCUT2D eigenvalue weighted by molar-refractivity contribution is -0.369. The number of nitrogens with one attached hydrogen (secondary N) is 1. The van der Waals surface area contributed by atoms with Crippen LogP contribution in [0.3, 0.4) is 0 Å². The highest BCUT2D eigenvalue weighted by molar-refractivity contribution is 5.91. The summed E-state index contributed by atoms with van der Waals surface area (Å²) >= 11 is 0. The van der Waals surface area contributed by atoms with Gasteiger partial charge in [0.05, 0.1) is 39.6 Å². The van der Waals surface area contributed by atoms with Crippen molar-refractivity contribution < 1.29 is 24.7 Å². The van der Waals surface area contributed by atoms with Gasteiger partial charge in [-0.25, -0.2) is 0 Å². The van der Waals surface area contributed by atoms with Crippen molar-refractivity contribution in [2.45, 2.75) is 19.8 Å². The Morgan fingerprint density at radius 2 is 1.50 bits per heavy atom. The van der Waals surface area contributed by atoms with E-state index in [1.165, 1.54) is 0 Å². The normalized spacial score (nSPS) is 10.5. The van der Waals surface area contributed by atoms with Crippen LogP contribution in [0.15, 0.2) is 12.2 Å². The fourth-order valence-electron chi connectivity index (χ4n) is 1.27. The minimum Gasteiger partial charge on any atom is -0.379 e. The van der Waals surface area contributed by atoms with Crippen molar-refractivity contribution in [3.8, 4) is 0 Å². The maximum absolute atomic E-state index is 11.2. The van der Waals surface area contributed by atoms with Crippen LogP contribution in [0, 0.1) is 0 Å². The van der Waals surface area contributed by atoms with Crippen LogP contribution in [0.1, 0.15) is 19.8 Å². The Labute approximate surface area is 121 Å². The van der Waals surface area contributed by atoms with Crippen molar-refractivity contribution in [2.24, 2.45) is 0 Å². The van der Waals surface area contributed by atoms with E-state index < -0.39 is 0 Å². The number of ether oxygens (including phenoxy) is 3. The quantitative estimate of drug-likeness (QED) is 0.341. The van der Waals surface area contributed by atoms with Crippen LogP contribution in [-0.2, 0) is 19.0 Å². The fraction of sp³-hybridized carbons (Fsp3) is 0.786. The summed E-state index contributed by atoms with van der Waals surface area (Å²) < 4.78 is 16.0. The lowest BCUT2D eigenvalue weighted by Gasteiger charge is -2.07. The predicted molar refractivity (Wildman–Crippen MR) is 77.3 cm³/mol. The predicted octanol–water partition coefficient (Wildman–Crippen LogP) is -0.249. The molecule has 1 amide bonds. The van der Waals surface area contributed by atoms with Crippen molar-refractivity contribution >= 4 is 5.91 Å². The highest BCUT2D eigenvalue weighted by atomic mass is 16.5. The third-order valence-corrected chi connectivity index (χ3v) is 2.42. The first-order chi connectivity index (χ1) is 9.68. The first-order valence-corrected chi connectivity index (χ1v) is 7.14. The molecule has 0 rings (SSSR count). The molecule has 0 heterocycles. The molecule has 118 valence electrons. The van der Waals surface area contributed by atoms with Crippen molar-refractivity contribution in [1.82, 2.24) is 5.32 Å². The Morgan fingerprint density at radius 3 is 2.00 bits per heavy atom. The Bertz CT molecular complexity index is 260. The number of hydrogen-bond donors (Lipinski definition) is 2. The van der Waals surface area contributed by atoms with Crippen molar-refractivity contribution in [3.63, 3.8) is 0 Å². The number of carbonyl (C=O) groups excluding carboxylic acids is 1. The molecular weight excluding hydrogens is 260 g/mol. The third-order valence-electron chi connectivity index (χ3n) is 2.42. The highest BCUT2D eigenvalue weighted by Crippen LogP contribution is 1.87. The van der Waals surface area contributed by atoms with E-state index in [-0.39, 0.29) is 5.91 Å². The van der Waals surface area contributed by atoms with E-state index >= 15 is 0 Å². The standard InChI is InChI=1S/C14H28N2O4/c1-13(2)14(17)16-6-4-8-19-10-12-20-11-9-18-7-3-5-15/h1,3-12,15H2,2H3,(H,16,17)/p+1. The maximum atomic E-state index is 11.2. The van der Waals surface area contributed by atoms with Gasteiger partial charge in [-0.05, 0) is 13.3 Å². The summed E-state index contributed by atoms with van der Waals surface area (Å²) in [6, 6.07) is 0. The van der Waals surface area contributed by atoms with Gasteiger partial charge in [-0.2, -0.15) is 0 Å². The van der Waals surface area contributed by atoms with Gasteiger partial charge in [0.1, 0.15) is 0 Å². The average molecular weight is 289 g/mol. The molecular formula is C14H29N2O4+. The molecule has 0 aromatic heterocycles. The van der Waals surface area contributed by atoms with Crippen LogP contribution in [-0.4, -0.2) is 58.6 Å². The van der Waals surface area contributed by atoms with Gasteiger partial charge < -0.3 is 25.3 Å². The Morgan fingerprint density at radius 1 is 1.00 bits per heavy atom. The van der Waals surface area contributed by atoms with E-state index in [1.54, 1.807) is 6.92 Å². The Hall–Kier alpha value is -0.950. The molecule has 0 aliphatic heterocycles. The van der Waals surface area contributed by atoms with Crippen LogP contribution < -0.4 is 11.1 Å². The van der Waals surface area contributed by atoms with E-state index in [1.807, 2.05) is 0 Å². The van der Waals surface area contributed by atoms with E-state index in [2.05, 4.69) is 17.6 Å². The molecule has 0 aromatic carbocycles. The van der Waals surface area contributed by atoms with E-state index in [0.29, 0.717) is 45.2 Å². The smallest absolute Gasteiger partial charge is 0.246 e. The second-order valence-corrected chi connectivity index (χ2v) is 4.43. The largest absolute Gasteiger partial charge is 0.379 e. The summed E-state index contributed by atoms with van der Waals surface area (Å²) in [5.41, 5.74) is 4.26. The van der Waals surface area contributed by atoms with Gasteiger partial charge in [0.25, 0.3) is 0 Å². The van der Waals surface area contributed by atoms with Crippen molar-refractivity contribution in [3.05, 3.63) is 12.2 Å². The highest BCUT2D eigenvalue weighted by Gasteiger charge is 1.99. The van der Waals surface area contributed by atoms with Gasteiger partial charge in [0.15, 0.2) is 0 Å². The van der Waals surface area contributed by atoms with E-state index in [9.17, 15) is 4.79 Å². The second kappa shape index (κ2) is 14.5. The number of rotatable bonds is 14. The van der Waals surface area contributed by atoms with Crippen LogP contribution in [0.25, 0.3) is 0 Å². The molecule has 0 bridgehead atoms. The molecule has 20 heavy (non-hydrogen) atoms. The molecule has 0 saturated heterocycles. The van der Waals surface area contributed by atoms with Gasteiger partial charge in [-0.15, -0.1) is 0 Å². The minimum atomic E-state index is -0.104. The zero-order valence-corrected chi connectivity index (χ0v) is 12.6. The van der Waals surface area contributed by atoms with Crippen LogP contribution >= 0.6 is 0 Å². The molecule has 0 spiro atoms. The van der Waals surface area contributed by atoms with Crippen LogP contribution in [0.4, 0.5) is 0 Å². The second-order valence-electron chi connectivity index (χ2n) is 4.43. The SMILES string of the molecule is C=C(C)C(=O)NCCCOCCOCCOCCC[NH3+]. The summed E-state index contributed by atoms with van der Waals surface area (Å²) in [6.07, 6.45) is 1.78. The van der Waals surface area contributed by atoms with Crippen molar-refractivity contribution in [1.29, 1.82) is 0 Å². The Kier molecular flexibility index (Phi) is 13.8. The first-order valence-electron chi connectivity index (χ1n) is 7.14. The van der Waals surface area contributed by atoms with Gasteiger partial charge in [-0.3, -0.25) is 4.79 Å². The minimum absolute atomic E-state index is 0.104. The van der Waals surface area contributed by atoms with Gasteiger partial charge in [0, 0.05) is 25.1 Å². The summed E-state index contributed by atoms with van der Waals surface area (Å²) in [4.78, 5) is 11.2. The number of hydrogen-bond acceptors (Lipinski definition) is 4. The molecule has 0 fully saturated rings. The van der Waals surface area contributed by atoms with Crippen LogP contribution in [0.2, 0.25) is 0 Å². The van der Waals surface area contributed by atoms with Crippen LogP contribution in [0.5, 0.6) is 0 Å². The topological polar surface area (TPSA) is 84.4 Å². The third kappa shape index (κ3) is 13.5. The molecule has 4 N–H and O–H groups in total. The molecule has 0 radical (unpaired) electrons. The van der Waals surface area contributed by atoms with Crippen molar-refractivity contribution in [2.75, 3.05) is 52.7 Å². The lowest BCUT2D eigenvalue weighted by Crippen LogP contribution is -2.50. The summed E-state index contributed by atoms with van der Waals surface area (Å²) in [5.74, 6) is -0.104. The summed E-state index contributed by atoms with van der Waals surface area (Å²) in [5, 5.41) is 2.75. The lowest BCUT2D eigenvalue weighted by atomic mass is 10.3. The molecule has 0 atom stereocenters. The zero-order chi connectivity index (χ0) is 15.1. The summed E-state index contributed by atoms with van der Waals surface area (Å²) in [7, 11) is 0. The molecule has 0 saturated carbocycles. The molecule has 6 heteroatoms. The zero-order valence-electron chi connectivity index (χ0n) is 12.6. The van der Waals surface area contributed by atoms with Gasteiger partial charge in [0.2, 0.25) is 5.91 Å². The number of quaternary nitrogens is 1. The Balaban J connectivity index is 3.06. The molecule has 0 unspecified atom stereocenters. The van der Waals surface area contributed by atoms with E-state index in [4.69, 9.17) is 14.2 Å². The molecule has 0 aromatic rings. The average Bonchev–Trinajstić information content (AvgIpc) is 2.43.